The van der Waals surface area contributed by atoms with E-state index in [0.29, 0.717) is 6.01 Å². The first-order chi connectivity index (χ1) is 10.3. The van der Waals surface area contributed by atoms with E-state index in [1.807, 2.05) is 31.2 Å². The van der Waals surface area contributed by atoms with Gasteiger partial charge in [0.15, 0.2) is 5.58 Å². The fourth-order valence-corrected chi connectivity index (χ4v) is 3.56. The average Bonchev–Trinajstić information content (AvgIpc) is 3.14. The van der Waals surface area contributed by atoms with Crippen molar-refractivity contribution in [3.05, 3.63) is 24.3 Å². The topological polar surface area (TPSA) is 56.5 Å². The maximum absolute atomic E-state index is 6.04. The highest BCUT2D eigenvalue weighted by Crippen LogP contribution is 2.47. The molecule has 2 heterocycles. The molecule has 0 bridgehead atoms. The predicted molar refractivity (Wildman–Crippen MR) is 79.4 cm³/mol. The summed E-state index contributed by atoms with van der Waals surface area (Å²) in [4.78, 5) is 4.49. The van der Waals surface area contributed by atoms with Crippen LogP contribution in [0, 0.1) is 0 Å². The number of fused-ring (bicyclic) bond motifs is 1. The second-order valence-electron chi connectivity index (χ2n) is 5.77. The van der Waals surface area contributed by atoms with Crippen LogP contribution < -0.4 is 5.32 Å². The maximum atomic E-state index is 6.04. The first-order valence-corrected chi connectivity index (χ1v) is 7.69. The standard InChI is InChI=1S/C16H20N2O3/c1-2-19-14-10-13(16(14)8-5-9-20-16)18-15-17-11-6-3-4-7-12(11)21-15/h3-4,6-7,13-14H,2,5,8-10H2,1H3,(H,17,18)/t13-,14-,16+/m1/s1. The van der Waals surface area contributed by atoms with E-state index >= 15 is 0 Å². The Balaban J connectivity index is 1.54. The van der Waals surface area contributed by atoms with Gasteiger partial charge in [0.2, 0.25) is 0 Å². The molecule has 1 aliphatic heterocycles. The van der Waals surface area contributed by atoms with Gasteiger partial charge in [-0.05, 0) is 38.3 Å². The van der Waals surface area contributed by atoms with Crippen molar-refractivity contribution in [2.75, 3.05) is 18.5 Å². The Morgan fingerprint density at radius 1 is 1.43 bits per heavy atom. The summed E-state index contributed by atoms with van der Waals surface area (Å²) in [5.41, 5.74) is 1.49. The van der Waals surface area contributed by atoms with Crippen molar-refractivity contribution in [3.8, 4) is 0 Å². The zero-order valence-corrected chi connectivity index (χ0v) is 12.2. The number of benzene rings is 1. The lowest BCUT2D eigenvalue weighted by atomic mass is 9.70. The molecule has 2 aliphatic rings. The highest BCUT2D eigenvalue weighted by Gasteiger charge is 2.59. The quantitative estimate of drug-likeness (QED) is 0.937. The van der Waals surface area contributed by atoms with E-state index in [2.05, 4.69) is 10.3 Å². The highest BCUT2D eigenvalue weighted by atomic mass is 16.6. The number of oxazole rings is 1. The normalized spacial score (nSPS) is 31.7. The fraction of sp³-hybridized carbons (Fsp3) is 0.562. The van der Waals surface area contributed by atoms with Crippen LogP contribution in [0.25, 0.3) is 11.1 Å². The van der Waals surface area contributed by atoms with E-state index in [4.69, 9.17) is 13.9 Å². The van der Waals surface area contributed by atoms with E-state index < -0.39 is 0 Å². The van der Waals surface area contributed by atoms with E-state index in [9.17, 15) is 0 Å². The molecule has 4 rings (SSSR count). The molecule has 1 spiro atoms. The number of nitrogens with one attached hydrogen (secondary N) is 1. The molecule has 2 fully saturated rings. The second-order valence-corrected chi connectivity index (χ2v) is 5.77. The Hall–Kier alpha value is -1.59. The number of ether oxygens (including phenoxy) is 2. The molecule has 21 heavy (non-hydrogen) atoms. The van der Waals surface area contributed by atoms with Crippen molar-refractivity contribution in [2.24, 2.45) is 0 Å². The number of hydrogen-bond donors (Lipinski definition) is 1. The van der Waals surface area contributed by atoms with Gasteiger partial charge in [0.1, 0.15) is 11.1 Å². The van der Waals surface area contributed by atoms with Crippen molar-refractivity contribution in [3.63, 3.8) is 0 Å². The number of hydrogen-bond acceptors (Lipinski definition) is 5. The molecule has 5 heteroatoms. The monoisotopic (exact) mass is 288 g/mol. The van der Waals surface area contributed by atoms with Crippen molar-refractivity contribution < 1.29 is 13.9 Å². The van der Waals surface area contributed by atoms with Crippen LogP contribution in [0.5, 0.6) is 0 Å². The van der Waals surface area contributed by atoms with Gasteiger partial charge < -0.3 is 19.2 Å². The SMILES string of the molecule is CCO[C@@H]1C[C@@H](Nc2nc3ccccc3o2)[C@@]12CCCO2. The zero-order chi connectivity index (χ0) is 14.3. The van der Waals surface area contributed by atoms with Crippen LogP contribution in [-0.2, 0) is 9.47 Å². The Kier molecular flexibility index (Phi) is 3.12. The summed E-state index contributed by atoms with van der Waals surface area (Å²) in [5.74, 6) is 0. The van der Waals surface area contributed by atoms with Crippen LogP contribution in [0.4, 0.5) is 6.01 Å². The van der Waals surface area contributed by atoms with E-state index in [-0.39, 0.29) is 17.7 Å². The van der Waals surface area contributed by atoms with Crippen LogP contribution in [0.15, 0.2) is 28.7 Å². The first kappa shape index (κ1) is 13.1. The minimum absolute atomic E-state index is 0.187. The van der Waals surface area contributed by atoms with Crippen LogP contribution in [0.2, 0.25) is 0 Å². The molecule has 3 atom stereocenters. The molecule has 1 saturated heterocycles. The van der Waals surface area contributed by atoms with Gasteiger partial charge in [-0.2, -0.15) is 4.98 Å². The molecular formula is C16H20N2O3. The summed E-state index contributed by atoms with van der Waals surface area (Å²) < 4.78 is 17.6. The Labute approximate surface area is 123 Å². The molecule has 0 unspecified atom stereocenters. The van der Waals surface area contributed by atoms with Gasteiger partial charge in [0.25, 0.3) is 6.01 Å². The first-order valence-electron chi connectivity index (χ1n) is 7.69. The lowest BCUT2D eigenvalue weighted by Gasteiger charge is -2.52. The Bertz CT molecular complexity index is 600. The van der Waals surface area contributed by atoms with E-state index in [1.165, 1.54) is 0 Å². The molecule has 1 aromatic heterocycles. The van der Waals surface area contributed by atoms with Gasteiger partial charge in [0.05, 0.1) is 12.1 Å². The van der Waals surface area contributed by atoms with Crippen LogP contribution in [0.1, 0.15) is 26.2 Å². The molecular weight excluding hydrogens is 268 g/mol. The third kappa shape index (κ3) is 2.03. The summed E-state index contributed by atoms with van der Waals surface area (Å²) in [5, 5.41) is 3.41. The number of para-hydroxylation sites is 2. The zero-order valence-electron chi connectivity index (χ0n) is 12.2. The van der Waals surface area contributed by atoms with Crippen LogP contribution in [0.3, 0.4) is 0 Å². The third-order valence-electron chi connectivity index (χ3n) is 4.63. The maximum Gasteiger partial charge on any atom is 0.296 e. The molecule has 5 nitrogen and oxygen atoms in total. The van der Waals surface area contributed by atoms with Gasteiger partial charge in [-0.1, -0.05) is 12.1 Å². The van der Waals surface area contributed by atoms with Gasteiger partial charge in [0, 0.05) is 13.2 Å². The molecule has 2 aromatic rings. The van der Waals surface area contributed by atoms with E-state index in [0.717, 1.165) is 43.6 Å². The lowest BCUT2D eigenvalue weighted by molar-refractivity contribution is -0.184. The third-order valence-corrected chi connectivity index (χ3v) is 4.63. The van der Waals surface area contributed by atoms with Gasteiger partial charge in [-0.25, -0.2) is 0 Å². The largest absolute Gasteiger partial charge is 0.424 e. The van der Waals surface area contributed by atoms with Crippen molar-refractivity contribution in [2.45, 2.75) is 43.9 Å². The summed E-state index contributed by atoms with van der Waals surface area (Å²) in [7, 11) is 0. The summed E-state index contributed by atoms with van der Waals surface area (Å²) in [6.07, 6.45) is 3.25. The summed E-state index contributed by atoms with van der Waals surface area (Å²) in [6.45, 7) is 3.57. The molecule has 0 amide bonds. The van der Waals surface area contributed by atoms with E-state index in [1.54, 1.807) is 0 Å². The average molecular weight is 288 g/mol. The molecule has 1 N–H and O–H groups in total. The Morgan fingerprint density at radius 3 is 3.10 bits per heavy atom. The minimum Gasteiger partial charge on any atom is -0.424 e. The van der Waals surface area contributed by atoms with Crippen LogP contribution in [-0.4, -0.2) is 35.9 Å². The number of anilines is 1. The number of nitrogens with zero attached hydrogens (tertiary/aromatic N) is 1. The van der Waals surface area contributed by atoms with Crippen molar-refractivity contribution in [1.29, 1.82) is 0 Å². The number of rotatable bonds is 4. The van der Waals surface area contributed by atoms with Crippen molar-refractivity contribution in [1.82, 2.24) is 4.98 Å². The van der Waals surface area contributed by atoms with Gasteiger partial charge >= 0.3 is 0 Å². The van der Waals surface area contributed by atoms with Crippen LogP contribution >= 0.6 is 0 Å². The molecule has 112 valence electrons. The smallest absolute Gasteiger partial charge is 0.296 e. The highest BCUT2D eigenvalue weighted by molar-refractivity contribution is 5.74. The van der Waals surface area contributed by atoms with Gasteiger partial charge in [-0.15, -0.1) is 0 Å². The molecule has 1 aromatic carbocycles. The molecule has 0 radical (unpaired) electrons. The van der Waals surface area contributed by atoms with Gasteiger partial charge in [-0.3, -0.25) is 0 Å². The summed E-state index contributed by atoms with van der Waals surface area (Å²) >= 11 is 0. The predicted octanol–water partition coefficient (Wildman–Crippen LogP) is 2.97. The lowest BCUT2D eigenvalue weighted by Crippen LogP contribution is -2.66. The van der Waals surface area contributed by atoms with Crippen molar-refractivity contribution >= 4 is 17.1 Å². The Morgan fingerprint density at radius 2 is 2.33 bits per heavy atom. The molecule has 1 aliphatic carbocycles. The fourth-order valence-electron chi connectivity index (χ4n) is 3.56. The number of aromatic nitrogens is 1. The summed E-state index contributed by atoms with van der Waals surface area (Å²) in [6, 6.07) is 8.59. The second kappa shape index (κ2) is 5.00. The molecule has 1 saturated carbocycles. The minimum atomic E-state index is -0.198.